The second kappa shape index (κ2) is 9.05. The molecule has 0 amide bonds. The summed E-state index contributed by atoms with van der Waals surface area (Å²) in [5.41, 5.74) is 0. The molecule has 0 aromatic heterocycles. The molecule has 0 radical (unpaired) electrons. The van der Waals surface area contributed by atoms with E-state index in [0.717, 1.165) is 0 Å². The quantitative estimate of drug-likeness (QED) is 0.384. The van der Waals surface area contributed by atoms with Crippen LogP contribution in [0.2, 0.25) is 0 Å². The minimum atomic E-state index is -0.139. The van der Waals surface area contributed by atoms with Crippen molar-refractivity contribution in [1.82, 2.24) is 0 Å². The molecule has 28 valence electrons. The Morgan fingerprint density at radius 3 is 2.00 bits per heavy atom. The van der Waals surface area contributed by atoms with Crippen molar-refractivity contribution >= 4 is 39.7 Å². The zero-order valence-electron chi connectivity index (χ0n) is 1.59. The van der Waals surface area contributed by atoms with Crippen LogP contribution in [0.15, 0.2) is 4.19 Å². The second-order valence-corrected chi connectivity index (χ2v) is 1.01. The van der Waals surface area contributed by atoms with Gasteiger partial charge in [-0.25, -0.2) is 0 Å². The molecule has 0 heterocycles. The summed E-state index contributed by atoms with van der Waals surface area (Å²) < 4.78 is 2.25. The summed E-state index contributed by atoms with van der Waals surface area (Å²) in [6, 6.07) is 0. The van der Waals surface area contributed by atoms with Gasteiger partial charge in [0.05, 0.1) is 0 Å². The Kier molecular flexibility index (Phi) is 17.5. The molecule has 0 N–H and O–H groups in total. The predicted octanol–water partition coefficient (Wildman–Crippen LogP) is 0.256. The zero-order valence-corrected chi connectivity index (χ0v) is 3.45. The number of hydrogen-bond donors (Lipinski definition) is 0. The fourth-order valence-corrected chi connectivity index (χ4v) is 0. The molecule has 0 aliphatic carbocycles. The van der Waals surface area contributed by atoms with Crippen LogP contribution in [0.25, 0.3) is 0 Å². The molecule has 0 bridgehead atoms. The fraction of sp³-hybridized carbons (Fsp3) is 0. The third-order valence-electron chi connectivity index (χ3n) is 0.0244. The number of halogens is 1. The topological polar surface area (TPSA) is 29.4 Å². The van der Waals surface area contributed by atoms with Gasteiger partial charge in [-0.05, 0) is 0 Å². The molecular weight excluding hydrogens is 144 g/mol. The first kappa shape index (κ1) is 9.65. The molecule has 5 heteroatoms. The molecule has 0 aromatic rings. The first-order valence-electron chi connectivity index (χ1n) is 0.474. The van der Waals surface area contributed by atoms with Crippen LogP contribution in [0.4, 0.5) is 0 Å². The Balaban J connectivity index is 0. The average molecular weight is 145 g/mol. The molecule has 0 saturated heterocycles. The van der Waals surface area contributed by atoms with Gasteiger partial charge >= 0.3 is 63.0 Å². The molecule has 0 atom stereocenters. The van der Waals surface area contributed by atoms with Gasteiger partial charge < -0.3 is 0 Å². The fourth-order valence-electron chi connectivity index (χ4n) is 0. The predicted molar refractivity (Wildman–Crippen MR) is 18.8 cm³/mol. The van der Waals surface area contributed by atoms with E-state index in [9.17, 15) is 0 Å². The Morgan fingerprint density at radius 1 is 1.80 bits per heavy atom. The van der Waals surface area contributed by atoms with Gasteiger partial charge in [0.2, 0.25) is 0 Å². The van der Waals surface area contributed by atoms with Gasteiger partial charge in [0.25, 0.3) is 0 Å². The van der Waals surface area contributed by atoms with Gasteiger partial charge in [-0.1, -0.05) is 0 Å². The summed E-state index contributed by atoms with van der Waals surface area (Å²) in [4.78, 5) is 8.79. The van der Waals surface area contributed by atoms with Crippen LogP contribution in [0, 0.1) is 4.91 Å². The van der Waals surface area contributed by atoms with Gasteiger partial charge in [0.15, 0.2) is 0 Å². The van der Waals surface area contributed by atoms with Crippen LogP contribution in [-0.4, -0.2) is 29.6 Å². The van der Waals surface area contributed by atoms with E-state index in [1.807, 2.05) is 0 Å². The van der Waals surface area contributed by atoms with E-state index >= 15 is 0 Å². The van der Waals surface area contributed by atoms with Crippen molar-refractivity contribution in [2.45, 2.75) is 0 Å². The molecule has 0 fully saturated rings. The Bertz CT molecular complexity index is 25.6. The van der Waals surface area contributed by atoms with Crippen molar-refractivity contribution in [2.24, 2.45) is 4.19 Å². The molecule has 0 saturated carbocycles. The third-order valence-corrected chi connectivity index (χ3v) is 0.302. The van der Waals surface area contributed by atoms with E-state index in [1.165, 1.54) is 0 Å². The number of hydrogen-bond acceptors (Lipinski definition) is 2. The van der Waals surface area contributed by atoms with Crippen molar-refractivity contribution in [1.29, 1.82) is 0 Å². The molecular formula is HClFeNNaO. The van der Waals surface area contributed by atoms with Gasteiger partial charge in [0, 0.05) is 0 Å². The van der Waals surface area contributed by atoms with Crippen LogP contribution in [-0.2, 0) is 14.3 Å². The van der Waals surface area contributed by atoms with Crippen molar-refractivity contribution in [3.63, 3.8) is 0 Å². The van der Waals surface area contributed by atoms with Crippen LogP contribution < -0.4 is 0 Å². The first-order valence-corrected chi connectivity index (χ1v) is 2.49. The number of nitrogens with zero attached hydrogens (tertiary/aromatic N) is 1. The molecule has 0 aromatic carbocycles. The van der Waals surface area contributed by atoms with Crippen molar-refractivity contribution < 1.29 is 14.3 Å². The summed E-state index contributed by atoms with van der Waals surface area (Å²) >= 11 is -0.139. The van der Waals surface area contributed by atoms with E-state index in [-0.39, 0.29) is 43.8 Å². The summed E-state index contributed by atoms with van der Waals surface area (Å²) in [6.45, 7) is 0. The molecule has 0 spiro atoms. The monoisotopic (exact) mass is 145 g/mol. The van der Waals surface area contributed by atoms with E-state index < -0.39 is 0 Å². The van der Waals surface area contributed by atoms with Crippen molar-refractivity contribution in [2.75, 3.05) is 0 Å². The number of rotatable bonds is 1. The van der Waals surface area contributed by atoms with E-state index in [1.54, 1.807) is 0 Å². The summed E-state index contributed by atoms with van der Waals surface area (Å²) in [6.07, 6.45) is 0. The number of nitroso groups, excluding NO2 is 1. The van der Waals surface area contributed by atoms with Crippen LogP contribution >= 0.6 is 10.1 Å². The molecule has 5 heavy (non-hydrogen) atoms. The van der Waals surface area contributed by atoms with Gasteiger partial charge in [-0.3, -0.25) is 0 Å². The standard InChI is InChI=1S/ClH.Fe.NO.Na.H/c;;1-2;;/h1H;;;;/q;+2;-1;;/p-1. The second-order valence-electron chi connectivity index (χ2n) is 0.124. The van der Waals surface area contributed by atoms with Gasteiger partial charge in [-0.2, -0.15) is 0 Å². The average Bonchev–Trinajstić information content (AvgIpc) is 1.37. The Hall–Kier alpha value is 1.41. The van der Waals surface area contributed by atoms with Crippen molar-refractivity contribution in [3.05, 3.63) is 4.91 Å². The van der Waals surface area contributed by atoms with Gasteiger partial charge in [-0.15, -0.1) is 0 Å². The summed E-state index contributed by atoms with van der Waals surface area (Å²) in [7, 11) is 4.71. The minimum absolute atomic E-state index is 0. The maximum absolute atomic E-state index is 8.79. The molecule has 0 aliphatic rings. The van der Waals surface area contributed by atoms with E-state index in [2.05, 4.69) is 4.19 Å². The SMILES string of the molecule is O=[N][Fe][Cl].[NaH]. The Labute approximate surface area is 62.5 Å². The van der Waals surface area contributed by atoms with Crippen LogP contribution in [0.1, 0.15) is 0 Å². The van der Waals surface area contributed by atoms with E-state index in [0.29, 0.717) is 0 Å². The first-order chi connectivity index (χ1) is 1.91. The van der Waals surface area contributed by atoms with Gasteiger partial charge in [0.1, 0.15) is 0 Å². The van der Waals surface area contributed by atoms with Crippen LogP contribution in [0.5, 0.6) is 0 Å². The Morgan fingerprint density at radius 2 is 2.00 bits per heavy atom. The molecule has 0 aliphatic heterocycles. The van der Waals surface area contributed by atoms with E-state index in [4.69, 9.17) is 15.0 Å². The van der Waals surface area contributed by atoms with Crippen molar-refractivity contribution in [3.8, 4) is 0 Å². The third kappa shape index (κ3) is 10.8. The summed E-state index contributed by atoms with van der Waals surface area (Å²) in [5.74, 6) is 0. The normalized spacial score (nSPS) is 5.80. The van der Waals surface area contributed by atoms with Crippen LogP contribution in [0.3, 0.4) is 0 Å². The summed E-state index contributed by atoms with van der Waals surface area (Å²) in [5, 5.41) is 0. The molecule has 0 unspecified atom stereocenters. The molecule has 0 rings (SSSR count). The molecule has 2 nitrogen and oxygen atoms in total. The maximum atomic E-state index is 8.79. The zero-order chi connectivity index (χ0) is 3.41.